The van der Waals surface area contributed by atoms with Crippen molar-refractivity contribution in [1.82, 2.24) is 0 Å². The summed E-state index contributed by atoms with van der Waals surface area (Å²) in [6.07, 6.45) is -5.69. The second-order valence-electron chi connectivity index (χ2n) is 6.37. The predicted octanol–water partition coefficient (Wildman–Crippen LogP) is 2.26. The first-order chi connectivity index (χ1) is 10.9. The van der Waals surface area contributed by atoms with Crippen molar-refractivity contribution in [1.29, 1.82) is 0 Å². The van der Waals surface area contributed by atoms with E-state index in [1.165, 1.54) is 6.07 Å². The molecular formula is C14H17BF3NO5. The van der Waals surface area contributed by atoms with Crippen LogP contribution >= 0.6 is 0 Å². The molecule has 0 radical (unpaired) electrons. The number of fused-ring (bicyclic) bond motifs is 1. The maximum absolute atomic E-state index is 12.4. The third kappa shape index (κ3) is 4.32. The van der Waals surface area contributed by atoms with Gasteiger partial charge in [0, 0.05) is 6.07 Å². The molecule has 1 atom stereocenters. The SMILES string of the molecule is CC(C)(C)OC(=O)N1c2cc(OC(F)(F)F)ccc2CC1B(O)O. The number of hydrogen-bond donors (Lipinski definition) is 2. The summed E-state index contributed by atoms with van der Waals surface area (Å²) in [5, 5.41) is 19.0. The minimum absolute atomic E-state index is 0.0680. The number of alkyl halides is 3. The van der Waals surface area contributed by atoms with Gasteiger partial charge < -0.3 is 19.5 Å². The van der Waals surface area contributed by atoms with Crippen LogP contribution in [0, 0.1) is 0 Å². The molecule has 0 saturated carbocycles. The summed E-state index contributed by atoms with van der Waals surface area (Å²) in [5.74, 6) is -1.57. The largest absolute Gasteiger partial charge is 0.573 e. The van der Waals surface area contributed by atoms with Crippen LogP contribution in [0.15, 0.2) is 18.2 Å². The molecule has 0 aliphatic carbocycles. The van der Waals surface area contributed by atoms with Crippen molar-refractivity contribution >= 4 is 18.9 Å². The number of anilines is 1. The summed E-state index contributed by atoms with van der Waals surface area (Å²) in [6, 6.07) is 3.47. The van der Waals surface area contributed by atoms with Crippen LogP contribution in [0.2, 0.25) is 0 Å². The van der Waals surface area contributed by atoms with Gasteiger partial charge in [-0.1, -0.05) is 6.07 Å². The molecule has 24 heavy (non-hydrogen) atoms. The Morgan fingerprint density at radius 2 is 1.92 bits per heavy atom. The summed E-state index contributed by atoms with van der Waals surface area (Å²) >= 11 is 0. The van der Waals surface area contributed by atoms with Crippen molar-refractivity contribution in [3.63, 3.8) is 0 Å². The highest BCUT2D eigenvalue weighted by molar-refractivity contribution is 6.45. The first-order valence-corrected chi connectivity index (χ1v) is 7.14. The summed E-state index contributed by atoms with van der Waals surface area (Å²) in [7, 11) is -1.88. The molecule has 0 aromatic heterocycles. The van der Waals surface area contributed by atoms with Crippen LogP contribution in [-0.2, 0) is 11.2 Å². The molecule has 1 aliphatic rings. The van der Waals surface area contributed by atoms with Crippen molar-refractivity contribution in [2.45, 2.75) is 45.1 Å². The summed E-state index contributed by atoms with van der Waals surface area (Å²) < 4.78 is 46.2. The van der Waals surface area contributed by atoms with E-state index in [-0.39, 0.29) is 12.1 Å². The van der Waals surface area contributed by atoms with Gasteiger partial charge >= 0.3 is 19.6 Å². The monoisotopic (exact) mass is 347 g/mol. The highest BCUT2D eigenvalue weighted by atomic mass is 19.4. The average molecular weight is 347 g/mol. The number of carbonyl (C=O) groups is 1. The zero-order valence-corrected chi connectivity index (χ0v) is 13.3. The highest BCUT2D eigenvalue weighted by Crippen LogP contribution is 2.37. The van der Waals surface area contributed by atoms with Crippen LogP contribution < -0.4 is 9.64 Å². The fraction of sp³-hybridized carbons (Fsp3) is 0.500. The van der Waals surface area contributed by atoms with Gasteiger partial charge in [0.15, 0.2) is 0 Å². The third-order valence-electron chi connectivity index (χ3n) is 3.24. The van der Waals surface area contributed by atoms with Gasteiger partial charge in [-0.05, 0) is 38.8 Å². The van der Waals surface area contributed by atoms with Gasteiger partial charge in [-0.25, -0.2) is 4.79 Å². The van der Waals surface area contributed by atoms with Gasteiger partial charge in [0.2, 0.25) is 0 Å². The topological polar surface area (TPSA) is 79.2 Å². The zero-order chi connectivity index (χ0) is 18.3. The number of halogens is 3. The lowest BCUT2D eigenvalue weighted by atomic mass is 9.77. The lowest BCUT2D eigenvalue weighted by molar-refractivity contribution is -0.274. The van der Waals surface area contributed by atoms with Gasteiger partial charge in [0.05, 0.1) is 11.6 Å². The molecular weight excluding hydrogens is 330 g/mol. The number of carbonyl (C=O) groups excluding carboxylic acids is 1. The Bertz CT molecular complexity index is 630. The summed E-state index contributed by atoms with van der Waals surface area (Å²) in [5.41, 5.74) is -0.289. The molecule has 132 valence electrons. The van der Waals surface area contributed by atoms with Crippen LogP contribution in [0.4, 0.5) is 23.7 Å². The van der Waals surface area contributed by atoms with Gasteiger partial charge in [-0.15, -0.1) is 13.2 Å². The number of nitrogens with zero attached hydrogens (tertiary/aromatic N) is 1. The molecule has 2 rings (SSSR count). The van der Waals surface area contributed by atoms with E-state index in [1.807, 2.05) is 0 Å². The molecule has 1 aliphatic heterocycles. The molecule has 0 spiro atoms. The minimum atomic E-state index is -4.88. The molecule has 6 nitrogen and oxygen atoms in total. The van der Waals surface area contributed by atoms with Crippen molar-refractivity contribution in [2.75, 3.05) is 4.90 Å². The molecule has 1 amide bonds. The Morgan fingerprint density at radius 3 is 2.42 bits per heavy atom. The Hall–Kier alpha value is -1.94. The molecule has 10 heteroatoms. The first-order valence-electron chi connectivity index (χ1n) is 7.14. The summed E-state index contributed by atoms with van der Waals surface area (Å²) in [6.45, 7) is 4.86. The molecule has 1 heterocycles. The van der Waals surface area contributed by atoms with E-state index in [0.717, 1.165) is 17.0 Å². The maximum atomic E-state index is 12.4. The van der Waals surface area contributed by atoms with E-state index in [0.29, 0.717) is 5.56 Å². The Morgan fingerprint density at radius 1 is 1.29 bits per heavy atom. The normalized spacial score (nSPS) is 17.5. The fourth-order valence-electron chi connectivity index (χ4n) is 2.42. The van der Waals surface area contributed by atoms with E-state index in [4.69, 9.17) is 4.74 Å². The first kappa shape index (κ1) is 18.4. The Kier molecular flexibility index (Phi) is 4.73. The van der Waals surface area contributed by atoms with Gasteiger partial charge in [0.25, 0.3) is 0 Å². The van der Waals surface area contributed by atoms with Crippen LogP contribution in [0.25, 0.3) is 0 Å². The van der Waals surface area contributed by atoms with E-state index in [2.05, 4.69) is 4.74 Å². The van der Waals surface area contributed by atoms with Crippen molar-refractivity contribution < 1.29 is 37.5 Å². The van der Waals surface area contributed by atoms with Crippen LogP contribution in [0.3, 0.4) is 0 Å². The smallest absolute Gasteiger partial charge is 0.443 e. The van der Waals surface area contributed by atoms with Crippen LogP contribution in [0.1, 0.15) is 26.3 Å². The molecule has 2 N–H and O–H groups in total. The fourth-order valence-corrected chi connectivity index (χ4v) is 2.42. The van der Waals surface area contributed by atoms with E-state index >= 15 is 0 Å². The predicted molar refractivity (Wildman–Crippen MR) is 79.5 cm³/mol. The second kappa shape index (κ2) is 6.17. The zero-order valence-electron chi connectivity index (χ0n) is 13.3. The molecule has 1 aromatic rings. The maximum Gasteiger partial charge on any atom is 0.573 e. The van der Waals surface area contributed by atoms with Crippen LogP contribution in [-0.4, -0.2) is 41.2 Å². The van der Waals surface area contributed by atoms with E-state index in [1.54, 1.807) is 20.8 Å². The number of benzene rings is 1. The van der Waals surface area contributed by atoms with Gasteiger partial charge in [0.1, 0.15) is 11.4 Å². The molecule has 1 unspecified atom stereocenters. The number of ether oxygens (including phenoxy) is 2. The Balaban J connectivity index is 2.38. The standard InChI is InChI=1S/C14H17BF3NO5/c1-13(2,3)24-12(20)19-10-7-9(23-14(16,17)18)5-4-8(10)6-11(19)15(21)22/h4-5,7,11,21-22H,6H2,1-3H3. The van der Waals surface area contributed by atoms with Gasteiger partial charge in [-0.2, -0.15) is 0 Å². The molecule has 0 saturated heterocycles. The quantitative estimate of drug-likeness (QED) is 0.803. The lowest BCUT2D eigenvalue weighted by Gasteiger charge is -2.29. The van der Waals surface area contributed by atoms with E-state index in [9.17, 15) is 28.0 Å². The summed E-state index contributed by atoms with van der Waals surface area (Å²) in [4.78, 5) is 13.3. The van der Waals surface area contributed by atoms with Crippen molar-refractivity contribution in [3.8, 4) is 5.75 Å². The van der Waals surface area contributed by atoms with Crippen molar-refractivity contribution in [2.24, 2.45) is 0 Å². The number of hydrogen-bond acceptors (Lipinski definition) is 5. The number of amides is 1. The number of rotatable bonds is 2. The van der Waals surface area contributed by atoms with Gasteiger partial charge in [-0.3, -0.25) is 4.90 Å². The third-order valence-corrected chi connectivity index (χ3v) is 3.24. The lowest BCUT2D eigenvalue weighted by Crippen LogP contribution is -2.49. The molecule has 0 bridgehead atoms. The Labute approximate surface area is 136 Å². The van der Waals surface area contributed by atoms with E-state index < -0.39 is 36.9 Å². The molecule has 1 aromatic carbocycles. The highest BCUT2D eigenvalue weighted by Gasteiger charge is 2.43. The van der Waals surface area contributed by atoms with Crippen LogP contribution in [0.5, 0.6) is 5.75 Å². The second-order valence-corrected chi connectivity index (χ2v) is 6.37. The van der Waals surface area contributed by atoms with Crippen molar-refractivity contribution in [3.05, 3.63) is 23.8 Å². The molecule has 0 fully saturated rings. The average Bonchev–Trinajstić information content (AvgIpc) is 2.73. The minimum Gasteiger partial charge on any atom is -0.443 e.